The second kappa shape index (κ2) is 12.4. The third-order valence-corrected chi connectivity index (χ3v) is 9.89. The van der Waals surface area contributed by atoms with Gasteiger partial charge in [0, 0.05) is 62.3 Å². The zero-order valence-corrected chi connectivity index (χ0v) is 26.1. The molecular weight excluding hydrogens is 568 g/mol. The van der Waals surface area contributed by atoms with Crippen molar-refractivity contribution < 1.29 is 19.1 Å². The van der Waals surface area contributed by atoms with Crippen molar-refractivity contribution in [2.24, 2.45) is 17.8 Å². The second-order valence-corrected chi connectivity index (χ2v) is 13.1. The summed E-state index contributed by atoms with van der Waals surface area (Å²) in [6, 6.07) is 5.65. The number of ether oxygens (including phenoxy) is 1. The maximum absolute atomic E-state index is 13.5. The van der Waals surface area contributed by atoms with Crippen LogP contribution < -0.4 is 4.90 Å². The van der Waals surface area contributed by atoms with Gasteiger partial charge in [0.1, 0.15) is 12.4 Å². The lowest BCUT2D eigenvalue weighted by molar-refractivity contribution is -0.131. The zero-order chi connectivity index (χ0) is 30.2. The van der Waals surface area contributed by atoms with Crippen LogP contribution in [0.1, 0.15) is 53.0 Å². The number of halogens is 1. The number of anilines is 1. The molecule has 4 fully saturated rings. The fourth-order valence-corrected chi connectivity index (χ4v) is 7.02. The first kappa shape index (κ1) is 29.8. The molecule has 0 bridgehead atoms. The number of hydrogen-bond acceptors (Lipinski definition) is 7. The number of aryl methyl sites for hydroxylation is 3. The Kier molecular flexibility index (Phi) is 8.60. The maximum Gasteiger partial charge on any atom is 0.414 e. The summed E-state index contributed by atoms with van der Waals surface area (Å²) in [5, 5.41) is 0.608. The molecule has 1 saturated carbocycles. The minimum absolute atomic E-state index is 0.0322. The van der Waals surface area contributed by atoms with Gasteiger partial charge in [-0.05, 0) is 76.1 Å². The molecule has 0 radical (unpaired) electrons. The summed E-state index contributed by atoms with van der Waals surface area (Å²) < 4.78 is 5.94. The zero-order valence-electron chi connectivity index (χ0n) is 25.3. The van der Waals surface area contributed by atoms with Crippen molar-refractivity contribution in [1.82, 2.24) is 24.7 Å². The highest BCUT2D eigenvalue weighted by Gasteiger charge is 2.42. The number of fused-ring (bicyclic) bond motifs is 1. The highest BCUT2D eigenvalue weighted by Crippen LogP contribution is 2.34. The lowest BCUT2D eigenvalue weighted by atomic mass is 10.0. The van der Waals surface area contributed by atoms with Gasteiger partial charge in [0.05, 0.1) is 23.5 Å². The van der Waals surface area contributed by atoms with Gasteiger partial charge in [0.15, 0.2) is 0 Å². The Labute approximate surface area is 258 Å². The molecule has 230 valence electrons. The van der Waals surface area contributed by atoms with Gasteiger partial charge in [0.2, 0.25) is 5.91 Å². The molecule has 3 atom stereocenters. The summed E-state index contributed by atoms with van der Waals surface area (Å²) in [6.45, 7) is 11.5. The highest BCUT2D eigenvalue weighted by atomic mass is 35.5. The van der Waals surface area contributed by atoms with Crippen LogP contribution in [0, 0.1) is 38.5 Å². The van der Waals surface area contributed by atoms with Gasteiger partial charge in [-0.2, -0.15) is 0 Å². The molecule has 43 heavy (non-hydrogen) atoms. The molecule has 3 amide bonds. The summed E-state index contributed by atoms with van der Waals surface area (Å²) >= 11 is 6.44. The van der Waals surface area contributed by atoms with E-state index in [1.807, 2.05) is 48.8 Å². The Hall–Kier alpha value is -3.24. The summed E-state index contributed by atoms with van der Waals surface area (Å²) in [7, 11) is 0. The predicted octanol–water partition coefficient (Wildman–Crippen LogP) is 4.10. The Morgan fingerprint density at radius 1 is 0.953 bits per heavy atom. The largest absolute Gasteiger partial charge is 0.444 e. The molecule has 0 N–H and O–H groups in total. The van der Waals surface area contributed by atoms with Crippen LogP contribution in [0.3, 0.4) is 0 Å². The van der Waals surface area contributed by atoms with Crippen LogP contribution in [0.25, 0.3) is 0 Å². The Morgan fingerprint density at radius 3 is 2.30 bits per heavy atom. The van der Waals surface area contributed by atoms with Crippen LogP contribution in [0.15, 0.2) is 24.5 Å². The molecule has 3 aliphatic heterocycles. The van der Waals surface area contributed by atoms with E-state index in [1.54, 1.807) is 4.90 Å². The number of likely N-dealkylation sites (tertiary alicyclic amines) is 3. The highest BCUT2D eigenvalue weighted by molar-refractivity contribution is 6.31. The molecule has 10 nitrogen and oxygen atoms in total. The number of aromatic nitrogens is 2. The molecule has 1 aromatic heterocycles. The van der Waals surface area contributed by atoms with Crippen LogP contribution in [-0.4, -0.2) is 101 Å². The van der Waals surface area contributed by atoms with E-state index in [9.17, 15) is 14.4 Å². The molecule has 11 heteroatoms. The predicted molar refractivity (Wildman–Crippen MR) is 163 cm³/mol. The summed E-state index contributed by atoms with van der Waals surface area (Å²) in [4.78, 5) is 55.6. The van der Waals surface area contributed by atoms with Gasteiger partial charge in [-0.1, -0.05) is 17.7 Å². The van der Waals surface area contributed by atoms with Crippen LogP contribution in [0.4, 0.5) is 10.5 Å². The van der Waals surface area contributed by atoms with E-state index in [-0.39, 0.29) is 23.8 Å². The average Bonchev–Trinajstić information content (AvgIpc) is 3.41. The monoisotopic (exact) mass is 608 g/mol. The molecule has 6 rings (SSSR count). The lowest BCUT2D eigenvalue weighted by Gasteiger charge is -2.26. The standard InChI is InChI=1S/C32H41ClN6O4/c1-20-5-8-26(13-28(20)33)39(32(42)43-27-9-12-37(18-27)30(40)23-6-7-23)11-4-10-36-14-24-16-38(17-25(24)15-36)31(41)29-21(2)34-19-35-22(29)3/h5,8,13,19,23-25,27H,4,6-7,9-12,14-18H2,1-3H3. The van der Waals surface area contributed by atoms with Crippen molar-refractivity contribution in [2.75, 3.05) is 57.3 Å². The Morgan fingerprint density at radius 2 is 1.65 bits per heavy atom. The van der Waals surface area contributed by atoms with Crippen LogP contribution >= 0.6 is 11.6 Å². The SMILES string of the molecule is Cc1ccc(N(CCCN2CC3CN(C(=O)c4c(C)ncnc4C)CC3C2)C(=O)OC2CCN(C(=O)C3CC3)C2)cc1Cl. The smallest absolute Gasteiger partial charge is 0.414 e. The number of hydrogen-bond donors (Lipinski definition) is 0. The quantitative estimate of drug-likeness (QED) is 0.445. The number of carbonyl (C=O) groups excluding carboxylic acids is 3. The normalized spacial score (nSPS) is 23.5. The number of rotatable bonds is 8. The molecule has 1 aromatic carbocycles. The van der Waals surface area contributed by atoms with E-state index < -0.39 is 6.09 Å². The van der Waals surface area contributed by atoms with Gasteiger partial charge in [-0.25, -0.2) is 14.8 Å². The first-order valence-electron chi connectivity index (χ1n) is 15.5. The number of amides is 3. The lowest BCUT2D eigenvalue weighted by Crippen LogP contribution is -2.38. The topological polar surface area (TPSA) is 99.2 Å². The van der Waals surface area contributed by atoms with E-state index in [0.29, 0.717) is 54.2 Å². The molecule has 0 spiro atoms. The van der Waals surface area contributed by atoms with E-state index in [2.05, 4.69) is 14.9 Å². The molecule has 4 aliphatic rings. The van der Waals surface area contributed by atoms with Crippen molar-refractivity contribution >= 4 is 35.2 Å². The minimum atomic E-state index is -0.395. The van der Waals surface area contributed by atoms with Crippen molar-refractivity contribution in [3.8, 4) is 0 Å². The Bertz CT molecular complexity index is 1370. The summed E-state index contributed by atoms with van der Waals surface area (Å²) in [5.41, 5.74) is 3.75. The van der Waals surface area contributed by atoms with Gasteiger partial charge in [0.25, 0.3) is 5.91 Å². The average molecular weight is 609 g/mol. The molecule has 3 saturated heterocycles. The van der Waals surface area contributed by atoms with Crippen molar-refractivity contribution in [1.29, 1.82) is 0 Å². The van der Waals surface area contributed by atoms with Crippen LogP contribution in [0.5, 0.6) is 0 Å². The minimum Gasteiger partial charge on any atom is -0.444 e. The van der Waals surface area contributed by atoms with E-state index in [1.165, 1.54) is 6.33 Å². The second-order valence-electron chi connectivity index (χ2n) is 12.7. The number of benzene rings is 1. The van der Waals surface area contributed by atoms with Crippen LogP contribution in [-0.2, 0) is 9.53 Å². The van der Waals surface area contributed by atoms with E-state index >= 15 is 0 Å². The third-order valence-electron chi connectivity index (χ3n) is 9.48. The van der Waals surface area contributed by atoms with Crippen LogP contribution in [0.2, 0.25) is 5.02 Å². The van der Waals surface area contributed by atoms with Crippen molar-refractivity contribution in [3.05, 3.63) is 52.1 Å². The van der Waals surface area contributed by atoms with Gasteiger partial charge in [-0.3, -0.25) is 14.5 Å². The fraction of sp³-hybridized carbons (Fsp3) is 0.594. The molecular formula is C32H41ClN6O4. The van der Waals surface area contributed by atoms with Crippen molar-refractivity contribution in [2.45, 2.75) is 52.6 Å². The molecule has 1 aliphatic carbocycles. The van der Waals surface area contributed by atoms with Crippen molar-refractivity contribution in [3.63, 3.8) is 0 Å². The summed E-state index contributed by atoms with van der Waals surface area (Å²) in [5.74, 6) is 1.28. The molecule has 2 aromatic rings. The van der Waals surface area contributed by atoms with E-state index in [4.69, 9.17) is 16.3 Å². The van der Waals surface area contributed by atoms with Gasteiger partial charge in [-0.15, -0.1) is 0 Å². The summed E-state index contributed by atoms with van der Waals surface area (Å²) in [6.07, 6.45) is 4.20. The Balaban J connectivity index is 1.03. The number of nitrogens with zero attached hydrogens (tertiary/aromatic N) is 6. The maximum atomic E-state index is 13.5. The third kappa shape index (κ3) is 6.50. The first-order valence-corrected chi connectivity index (χ1v) is 15.9. The van der Waals surface area contributed by atoms with E-state index in [0.717, 1.165) is 68.9 Å². The number of carbonyl (C=O) groups is 3. The van der Waals surface area contributed by atoms with Gasteiger partial charge < -0.3 is 19.4 Å². The fourth-order valence-electron chi connectivity index (χ4n) is 6.85. The first-order chi connectivity index (χ1) is 20.7. The molecule has 4 heterocycles. The van der Waals surface area contributed by atoms with Gasteiger partial charge >= 0.3 is 6.09 Å². The molecule has 3 unspecified atom stereocenters.